The van der Waals surface area contributed by atoms with Crippen molar-refractivity contribution in [3.8, 4) is 0 Å². The molecule has 2 aromatic heterocycles. The zero-order chi connectivity index (χ0) is 20.4. The molecule has 4 rings (SSSR count). The Bertz CT molecular complexity index is 1060. The number of hydrogen-bond donors (Lipinski definition) is 1. The third kappa shape index (κ3) is 4.24. The van der Waals surface area contributed by atoms with Gasteiger partial charge in [0.05, 0.1) is 11.4 Å². The van der Waals surface area contributed by atoms with Gasteiger partial charge in [-0.05, 0) is 44.9 Å². The van der Waals surface area contributed by atoms with Crippen molar-refractivity contribution in [1.82, 2.24) is 14.3 Å². The fourth-order valence-electron chi connectivity index (χ4n) is 3.67. The first kappa shape index (κ1) is 19.4. The molecule has 1 aliphatic heterocycles. The van der Waals surface area contributed by atoms with Gasteiger partial charge in [-0.15, -0.1) is 11.3 Å². The number of aromatic nitrogens is 2. The lowest BCUT2D eigenvalue weighted by atomic mass is 9.95. The van der Waals surface area contributed by atoms with Crippen molar-refractivity contribution in [2.45, 2.75) is 26.7 Å². The van der Waals surface area contributed by atoms with Crippen LogP contribution in [0.2, 0.25) is 0 Å². The molecular formula is C22H24N4O2S. The summed E-state index contributed by atoms with van der Waals surface area (Å²) in [7, 11) is 0. The fraction of sp³-hybridized carbons (Fsp3) is 0.318. The second-order valence-corrected chi connectivity index (χ2v) is 8.58. The number of carbonyl (C=O) groups is 2. The van der Waals surface area contributed by atoms with Crippen molar-refractivity contribution < 1.29 is 9.59 Å². The first-order valence-corrected chi connectivity index (χ1v) is 10.6. The van der Waals surface area contributed by atoms with Crippen LogP contribution in [0.15, 0.2) is 42.6 Å². The molecule has 0 unspecified atom stereocenters. The zero-order valence-corrected chi connectivity index (χ0v) is 17.4. The Hall–Kier alpha value is -2.93. The highest BCUT2D eigenvalue weighted by atomic mass is 32.1. The van der Waals surface area contributed by atoms with Crippen molar-refractivity contribution in [2.75, 3.05) is 18.4 Å². The van der Waals surface area contributed by atoms with E-state index in [-0.39, 0.29) is 17.7 Å². The van der Waals surface area contributed by atoms with Gasteiger partial charge in [-0.25, -0.2) is 4.98 Å². The standard InChI is InChI=1S/C22H24N4O2S/c1-15-14-26-19(16(2)23-22(26)29-15)8-9-20(27)25-12-10-17(11-13-25)21(28)24-18-6-4-3-5-7-18/h3-9,14,17H,10-13H2,1-2H3,(H,24,28)/b9-8+. The van der Waals surface area contributed by atoms with E-state index in [0.717, 1.165) is 22.0 Å². The number of rotatable bonds is 4. The van der Waals surface area contributed by atoms with Gasteiger partial charge in [0.25, 0.3) is 0 Å². The summed E-state index contributed by atoms with van der Waals surface area (Å²) in [6.07, 6.45) is 6.86. The molecule has 29 heavy (non-hydrogen) atoms. The number of fused-ring (bicyclic) bond motifs is 1. The van der Waals surface area contributed by atoms with E-state index in [1.807, 2.05) is 65.8 Å². The molecule has 6 nitrogen and oxygen atoms in total. The molecule has 1 N–H and O–H groups in total. The number of carbonyl (C=O) groups excluding carboxylic acids is 2. The molecule has 7 heteroatoms. The van der Waals surface area contributed by atoms with E-state index in [1.54, 1.807) is 17.4 Å². The van der Waals surface area contributed by atoms with Crippen LogP contribution in [0.3, 0.4) is 0 Å². The number of aryl methyl sites for hydroxylation is 2. The van der Waals surface area contributed by atoms with Crippen molar-refractivity contribution in [3.63, 3.8) is 0 Å². The third-order valence-electron chi connectivity index (χ3n) is 5.27. The van der Waals surface area contributed by atoms with Gasteiger partial charge >= 0.3 is 0 Å². The molecule has 1 aliphatic rings. The number of thiazole rings is 1. The smallest absolute Gasteiger partial charge is 0.246 e. The van der Waals surface area contributed by atoms with Crippen LogP contribution in [0.1, 0.15) is 29.1 Å². The van der Waals surface area contributed by atoms with Crippen LogP contribution in [-0.4, -0.2) is 39.2 Å². The Morgan fingerprint density at radius 1 is 1.17 bits per heavy atom. The Balaban J connectivity index is 1.34. The second kappa shape index (κ2) is 8.21. The molecule has 150 valence electrons. The Morgan fingerprint density at radius 2 is 1.90 bits per heavy atom. The van der Waals surface area contributed by atoms with E-state index < -0.39 is 0 Å². The molecule has 1 fully saturated rings. The summed E-state index contributed by atoms with van der Waals surface area (Å²) in [5, 5.41) is 2.96. The number of para-hydroxylation sites is 1. The first-order valence-electron chi connectivity index (χ1n) is 9.79. The third-order valence-corrected chi connectivity index (χ3v) is 6.16. The number of piperidine rings is 1. The van der Waals surface area contributed by atoms with Crippen molar-refractivity contribution in [2.24, 2.45) is 5.92 Å². The maximum atomic E-state index is 12.6. The SMILES string of the molecule is Cc1cn2c(/C=C/C(=O)N3CCC(C(=O)Nc4ccccc4)CC3)c(C)nc2s1. The van der Waals surface area contributed by atoms with E-state index in [0.29, 0.717) is 25.9 Å². The summed E-state index contributed by atoms with van der Waals surface area (Å²) >= 11 is 1.64. The van der Waals surface area contributed by atoms with Crippen molar-refractivity contribution in [1.29, 1.82) is 0 Å². The van der Waals surface area contributed by atoms with E-state index in [2.05, 4.69) is 10.3 Å². The minimum absolute atomic E-state index is 0.0202. The summed E-state index contributed by atoms with van der Waals surface area (Å²) in [5.74, 6) is -0.0501. The summed E-state index contributed by atoms with van der Waals surface area (Å²) in [5.41, 5.74) is 2.66. The van der Waals surface area contributed by atoms with Gasteiger partial charge in [0.2, 0.25) is 11.8 Å². The molecule has 3 aromatic rings. The van der Waals surface area contributed by atoms with Gasteiger partial charge in [-0.1, -0.05) is 18.2 Å². The topological polar surface area (TPSA) is 66.7 Å². The highest BCUT2D eigenvalue weighted by Crippen LogP contribution is 2.23. The molecule has 0 bridgehead atoms. The molecule has 2 amide bonds. The zero-order valence-electron chi connectivity index (χ0n) is 16.6. The van der Waals surface area contributed by atoms with Crippen LogP contribution < -0.4 is 5.32 Å². The average Bonchev–Trinajstić information content (AvgIpc) is 3.21. The van der Waals surface area contributed by atoms with Gasteiger partial charge in [0.15, 0.2) is 4.96 Å². The van der Waals surface area contributed by atoms with Crippen LogP contribution >= 0.6 is 11.3 Å². The van der Waals surface area contributed by atoms with Gasteiger partial charge in [0.1, 0.15) is 0 Å². The van der Waals surface area contributed by atoms with E-state index >= 15 is 0 Å². The lowest BCUT2D eigenvalue weighted by Crippen LogP contribution is -2.40. The number of hydrogen-bond acceptors (Lipinski definition) is 4. The second-order valence-electron chi connectivity index (χ2n) is 7.37. The largest absolute Gasteiger partial charge is 0.339 e. The molecular weight excluding hydrogens is 384 g/mol. The van der Waals surface area contributed by atoms with E-state index in [4.69, 9.17) is 0 Å². The molecule has 0 saturated carbocycles. The minimum atomic E-state index is -0.0614. The van der Waals surface area contributed by atoms with Gasteiger partial charge in [-0.2, -0.15) is 0 Å². The Morgan fingerprint density at radius 3 is 2.62 bits per heavy atom. The summed E-state index contributed by atoms with van der Waals surface area (Å²) < 4.78 is 2.03. The van der Waals surface area contributed by atoms with Gasteiger partial charge in [-0.3, -0.25) is 14.0 Å². The molecule has 1 saturated heterocycles. The van der Waals surface area contributed by atoms with Crippen LogP contribution in [0.4, 0.5) is 5.69 Å². The maximum Gasteiger partial charge on any atom is 0.246 e. The van der Waals surface area contributed by atoms with Crippen LogP contribution in [0.5, 0.6) is 0 Å². The number of likely N-dealkylation sites (tertiary alicyclic amines) is 1. The maximum absolute atomic E-state index is 12.6. The highest BCUT2D eigenvalue weighted by molar-refractivity contribution is 7.17. The minimum Gasteiger partial charge on any atom is -0.339 e. The predicted octanol–water partition coefficient (Wildman–Crippen LogP) is 3.90. The van der Waals surface area contributed by atoms with E-state index in [1.165, 1.54) is 4.88 Å². The normalized spacial score (nSPS) is 15.3. The lowest BCUT2D eigenvalue weighted by Gasteiger charge is -2.30. The first-order chi connectivity index (χ1) is 14.0. The van der Waals surface area contributed by atoms with Crippen LogP contribution in [0.25, 0.3) is 11.0 Å². The quantitative estimate of drug-likeness (QED) is 0.666. The molecule has 0 atom stereocenters. The molecule has 0 spiro atoms. The Kier molecular flexibility index (Phi) is 5.49. The average molecular weight is 409 g/mol. The van der Waals surface area contributed by atoms with Gasteiger partial charge in [0, 0.05) is 41.8 Å². The van der Waals surface area contributed by atoms with Crippen LogP contribution in [0, 0.1) is 19.8 Å². The fourth-order valence-corrected chi connectivity index (χ4v) is 4.54. The van der Waals surface area contributed by atoms with Crippen LogP contribution in [-0.2, 0) is 9.59 Å². The number of nitrogens with one attached hydrogen (secondary N) is 1. The number of imidazole rings is 1. The monoisotopic (exact) mass is 408 g/mol. The summed E-state index contributed by atoms with van der Waals surface area (Å²) in [4.78, 5) is 33.6. The highest BCUT2D eigenvalue weighted by Gasteiger charge is 2.26. The number of benzene rings is 1. The van der Waals surface area contributed by atoms with Crippen molar-refractivity contribution >= 4 is 39.9 Å². The molecule has 0 aliphatic carbocycles. The number of nitrogens with zero attached hydrogens (tertiary/aromatic N) is 3. The molecule has 0 radical (unpaired) electrons. The van der Waals surface area contributed by atoms with Gasteiger partial charge < -0.3 is 10.2 Å². The van der Waals surface area contributed by atoms with E-state index in [9.17, 15) is 9.59 Å². The number of anilines is 1. The predicted molar refractivity (Wildman–Crippen MR) is 116 cm³/mol. The summed E-state index contributed by atoms with van der Waals surface area (Å²) in [6, 6.07) is 9.48. The lowest BCUT2D eigenvalue weighted by molar-refractivity contribution is -0.130. The molecule has 3 heterocycles. The molecule has 1 aromatic carbocycles. The van der Waals surface area contributed by atoms with Crippen molar-refractivity contribution in [3.05, 3.63) is 58.9 Å². The number of amides is 2. The summed E-state index contributed by atoms with van der Waals surface area (Å²) in [6.45, 7) is 5.18. The Labute approximate surface area is 173 Å².